The van der Waals surface area contributed by atoms with Gasteiger partial charge in [-0.15, -0.1) is 11.3 Å². The molecule has 7 heteroatoms. The van der Waals surface area contributed by atoms with Crippen LogP contribution in [-0.4, -0.2) is 48.6 Å². The highest BCUT2D eigenvalue weighted by Crippen LogP contribution is 2.17. The van der Waals surface area contributed by atoms with Gasteiger partial charge >= 0.3 is 0 Å². The average Bonchev–Trinajstić information content (AvgIpc) is 3.27. The van der Waals surface area contributed by atoms with Crippen molar-refractivity contribution in [1.29, 1.82) is 0 Å². The Morgan fingerprint density at radius 1 is 1.21 bits per heavy atom. The van der Waals surface area contributed by atoms with Crippen molar-refractivity contribution in [2.75, 3.05) is 38.2 Å². The molecule has 1 fully saturated rings. The number of thiazole rings is 1. The predicted molar refractivity (Wildman–Crippen MR) is 133 cm³/mol. The van der Waals surface area contributed by atoms with Crippen LogP contribution < -0.4 is 10.1 Å². The van der Waals surface area contributed by atoms with Crippen molar-refractivity contribution in [2.45, 2.75) is 20.0 Å². The summed E-state index contributed by atoms with van der Waals surface area (Å²) in [5, 5.41) is 5.94. The van der Waals surface area contributed by atoms with Crippen LogP contribution >= 0.6 is 11.3 Å². The molecular weight excluding hydrogens is 434 g/mol. The standard InChI is InChI=1S/C26H29N3O3S/c1-20-27-24(19-33-20)18-32-25-4-2-3-22(17-25)7-10-26(30)28-23-8-5-21(6-9-23)11-12-29-13-15-31-16-14-29/h2-10,17,19H,11-16,18H2,1H3,(H,28,30). The summed E-state index contributed by atoms with van der Waals surface area (Å²) in [4.78, 5) is 19.2. The fourth-order valence-electron chi connectivity index (χ4n) is 3.56. The van der Waals surface area contributed by atoms with E-state index >= 15 is 0 Å². The smallest absolute Gasteiger partial charge is 0.248 e. The van der Waals surface area contributed by atoms with Crippen molar-refractivity contribution in [3.8, 4) is 5.75 Å². The van der Waals surface area contributed by atoms with Crippen LogP contribution in [0.1, 0.15) is 21.8 Å². The van der Waals surface area contributed by atoms with E-state index in [1.165, 1.54) is 11.6 Å². The molecule has 1 aliphatic heterocycles. The second-order valence-electron chi connectivity index (χ2n) is 7.94. The number of aryl methyl sites for hydroxylation is 1. The molecule has 4 rings (SSSR count). The Morgan fingerprint density at radius 3 is 2.79 bits per heavy atom. The molecule has 0 aliphatic carbocycles. The van der Waals surface area contributed by atoms with E-state index in [0.717, 1.165) is 67.0 Å². The molecule has 172 valence electrons. The first kappa shape index (κ1) is 23.2. The van der Waals surface area contributed by atoms with Crippen molar-refractivity contribution >= 4 is 29.0 Å². The maximum Gasteiger partial charge on any atom is 0.248 e. The van der Waals surface area contributed by atoms with Gasteiger partial charge < -0.3 is 14.8 Å². The number of aromatic nitrogens is 1. The van der Waals surface area contributed by atoms with Crippen LogP contribution in [0.15, 0.2) is 60.0 Å². The SMILES string of the molecule is Cc1nc(COc2cccc(C=CC(=O)Nc3ccc(CCN4CCOCC4)cc3)c2)cs1. The van der Waals surface area contributed by atoms with Gasteiger partial charge in [-0.1, -0.05) is 24.3 Å². The van der Waals surface area contributed by atoms with E-state index in [0.29, 0.717) is 6.61 Å². The number of anilines is 1. The number of nitrogens with one attached hydrogen (secondary N) is 1. The third kappa shape index (κ3) is 7.53. The Kier molecular flexibility index (Phi) is 8.24. The van der Waals surface area contributed by atoms with E-state index in [1.54, 1.807) is 17.4 Å². The maximum absolute atomic E-state index is 12.3. The molecule has 2 heterocycles. The summed E-state index contributed by atoms with van der Waals surface area (Å²) in [6.07, 6.45) is 4.32. The number of ether oxygens (including phenoxy) is 2. The number of rotatable bonds is 9. The second kappa shape index (κ2) is 11.7. The normalized spacial score (nSPS) is 14.5. The molecule has 0 atom stereocenters. The second-order valence-corrected chi connectivity index (χ2v) is 9.00. The van der Waals surface area contributed by atoms with Crippen LogP contribution in [0, 0.1) is 6.92 Å². The van der Waals surface area contributed by atoms with Crippen LogP contribution in [0.2, 0.25) is 0 Å². The number of carbonyl (C=O) groups excluding carboxylic acids is 1. The van der Waals surface area contributed by atoms with Crippen molar-refractivity contribution in [1.82, 2.24) is 9.88 Å². The third-order valence-corrected chi connectivity index (χ3v) is 6.20. The topological polar surface area (TPSA) is 63.7 Å². The molecule has 0 spiro atoms. The molecule has 0 radical (unpaired) electrons. The minimum absolute atomic E-state index is 0.166. The third-order valence-electron chi connectivity index (χ3n) is 5.38. The molecule has 33 heavy (non-hydrogen) atoms. The number of morpholine rings is 1. The minimum atomic E-state index is -0.166. The molecule has 0 unspecified atom stereocenters. The van der Waals surface area contributed by atoms with Crippen LogP contribution in [0.25, 0.3) is 6.08 Å². The molecule has 2 aromatic carbocycles. The Bertz CT molecular complexity index is 1070. The Morgan fingerprint density at radius 2 is 2.03 bits per heavy atom. The minimum Gasteiger partial charge on any atom is -0.487 e. The Hall–Kier alpha value is -3.00. The van der Waals surface area contributed by atoms with Crippen LogP contribution in [0.4, 0.5) is 5.69 Å². The van der Waals surface area contributed by atoms with Crippen molar-refractivity contribution in [3.05, 3.63) is 81.8 Å². The van der Waals surface area contributed by atoms with E-state index in [9.17, 15) is 4.79 Å². The molecule has 6 nitrogen and oxygen atoms in total. The van der Waals surface area contributed by atoms with E-state index in [1.807, 2.05) is 48.7 Å². The zero-order valence-corrected chi connectivity index (χ0v) is 19.6. The van der Waals surface area contributed by atoms with Crippen LogP contribution in [-0.2, 0) is 22.6 Å². The van der Waals surface area contributed by atoms with E-state index in [2.05, 4.69) is 27.3 Å². The van der Waals surface area contributed by atoms with Gasteiger partial charge in [0.25, 0.3) is 0 Å². The fourth-order valence-corrected chi connectivity index (χ4v) is 4.16. The van der Waals surface area contributed by atoms with Gasteiger partial charge in [0.05, 0.1) is 23.9 Å². The van der Waals surface area contributed by atoms with Gasteiger partial charge in [-0.2, -0.15) is 0 Å². The monoisotopic (exact) mass is 463 g/mol. The molecular formula is C26H29N3O3S. The number of amides is 1. The lowest BCUT2D eigenvalue weighted by Crippen LogP contribution is -2.37. The Balaban J connectivity index is 1.24. The first-order valence-electron chi connectivity index (χ1n) is 11.2. The number of hydrogen-bond acceptors (Lipinski definition) is 6. The van der Waals surface area contributed by atoms with E-state index in [-0.39, 0.29) is 5.91 Å². The zero-order valence-electron chi connectivity index (χ0n) is 18.8. The highest BCUT2D eigenvalue weighted by molar-refractivity contribution is 7.09. The van der Waals surface area contributed by atoms with Gasteiger partial charge in [0.1, 0.15) is 12.4 Å². The quantitative estimate of drug-likeness (QED) is 0.472. The summed E-state index contributed by atoms with van der Waals surface area (Å²) in [5.41, 5.74) is 3.87. The lowest BCUT2D eigenvalue weighted by molar-refractivity contribution is -0.111. The number of carbonyl (C=O) groups is 1. The lowest BCUT2D eigenvalue weighted by atomic mass is 10.1. The van der Waals surface area contributed by atoms with Gasteiger partial charge in [-0.25, -0.2) is 4.98 Å². The highest BCUT2D eigenvalue weighted by atomic mass is 32.1. The molecule has 3 aromatic rings. The van der Waals surface area contributed by atoms with Crippen LogP contribution in [0.5, 0.6) is 5.75 Å². The summed E-state index contributed by atoms with van der Waals surface area (Å²) < 4.78 is 11.2. The van der Waals surface area contributed by atoms with Gasteiger partial charge in [0.15, 0.2) is 0 Å². The van der Waals surface area contributed by atoms with Crippen molar-refractivity contribution in [3.63, 3.8) is 0 Å². The summed E-state index contributed by atoms with van der Waals surface area (Å²) in [6.45, 7) is 7.09. The molecule has 1 amide bonds. The predicted octanol–water partition coefficient (Wildman–Crippen LogP) is 4.56. The zero-order chi connectivity index (χ0) is 22.9. The summed E-state index contributed by atoms with van der Waals surface area (Å²) >= 11 is 1.61. The molecule has 0 saturated carbocycles. The summed E-state index contributed by atoms with van der Waals surface area (Å²) in [6, 6.07) is 15.7. The maximum atomic E-state index is 12.3. The number of hydrogen-bond donors (Lipinski definition) is 1. The van der Waals surface area contributed by atoms with Gasteiger partial charge in [-0.05, 0) is 54.8 Å². The molecule has 1 aromatic heterocycles. The molecule has 1 aliphatic rings. The molecule has 1 saturated heterocycles. The van der Waals surface area contributed by atoms with Crippen LogP contribution in [0.3, 0.4) is 0 Å². The lowest BCUT2D eigenvalue weighted by Gasteiger charge is -2.26. The first-order chi connectivity index (χ1) is 16.1. The van der Waals surface area contributed by atoms with Crippen molar-refractivity contribution in [2.24, 2.45) is 0 Å². The van der Waals surface area contributed by atoms with Crippen molar-refractivity contribution < 1.29 is 14.3 Å². The van der Waals surface area contributed by atoms with Gasteiger partial charge in [-0.3, -0.25) is 9.69 Å². The number of benzene rings is 2. The largest absolute Gasteiger partial charge is 0.487 e. The van der Waals surface area contributed by atoms with E-state index < -0.39 is 0 Å². The van der Waals surface area contributed by atoms with E-state index in [4.69, 9.17) is 9.47 Å². The summed E-state index contributed by atoms with van der Waals surface area (Å²) in [7, 11) is 0. The fraction of sp³-hybridized carbons (Fsp3) is 0.308. The first-order valence-corrected chi connectivity index (χ1v) is 12.0. The number of nitrogens with zero attached hydrogens (tertiary/aromatic N) is 2. The highest BCUT2D eigenvalue weighted by Gasteiger charge is 2.09. The Labute approximate surface area is 198 Å². The van der Waals surface area contributed by atoms with Gasteiger partial charge in [0, 0.05) is 36.8 Å². The molecule has 0 bridgehead atoms. The summed E-state index contributed by atoms with van der Waals surface area (Å²) in [5.74, 6) is 0.580. The molecule has 1 N–H and O–H groups in total. The van der Waals surface area contributed by atoms with Gasteiger partial charge in [0.2, 0.25) is 5.91 Å². The average molecular weight is 464 g/mol.